The van der Waals surface area contributed by atoms with E-state index in [-0.39, 0.29) is 11.8 Å². The maximum atomic E-state index is 12.7. The zero-order valence-corrected chi connectivity index (χ0v) is 18.4. The zero-order chi connectivity index (χ0) is 21.5. The van der Waals surface area contributed by atoms with Crippen molar-refractivity contribution >= 4 is 17.2 Å². The van der Waals surface area contributed by atoms with Crippen molar-refractivity contribution in [3.8, 4) is 11.3 Å². The molecule has 4 heteroatoms. The largest absolute Gasteiger partial charge is 0.356 e. The monoisotopic (exact) mass is 426 g/mol. The number of nitrogens with zero attached hydrogens (tertiary/aromatic N) is 1. The molecule has 0 saturated heterocycles. The maximum absolute atomic E-state index is 12.7. The first-order chi connectivity index (χ1) is 15.2. The minimum atomic E-state index is 0.0586. The molecule has 3 aromatic carbocycles. The van der Waals surface area contributed by atoms with Crippen LogP contribution in [0.3, 0.4) is 0 Å². The van der Waals surface area contributed by atoms with E-state index in [1.165, 1.54) is 5.56 Å². The molecule has 0 fully saturated rings. The third-order valence-electron chi connectivity index (χ3n) is 5.40. The molecule has 4 rings (SSSR count). The van der Waals surface area contributed by atoms with Crippen LogP contribution in [0.5, 0.6) is 0 Å². The van der Waals surface area contributed by atoms with Crippen molar-refractivity contribution in [1.29, 1.82) is 0 Å². The van der Waals surface area contributed by atoms with E-state index in [2.05, 4.69) is 64.2 Å². The van der Waals surface area contributed by atoms with Gasteiger partial charge in [-0.1, -0.05) is 84.9 Å². The van der Waals surface area contributed by atoms with E-state index in [1.54, 1.807) is 11.3 Å². The van der Waals surface area contributed by atoms with Crippen LogP contribution in [0.15, 0.2) is 90.3 Å². The molecule has 0 bridgehead atoms. The Kier molecular flexibility index (Phi) is 6.90. The second-order valence-electron chi connectivity index (χ2n) is 7.63. The molecule has 0 radical (unpaired) electrons. The van der Waals surface area contributed by atoms with E-state index in [1.807, 2.05) is 43.3 Å². The summed E-state index contributed by atoms with van der Waals surface area (Å²) >= 11 is 1.66. The number of aryl methyl sites for hydroxylation is 1. The van der Waals surface area contributed by atoms with Crippen LogP contribution in [0.4, 0.5) is 0 Å². The normalized spacial score (nSPS) is 10.9. The van der Waals surface area contributed by atoms with E-state index < -0.39 is 0 Å². The average Bonchev–Trinajstić information content (AvgIpc) is 3.25. The molecule has 0 saturated carbocycles. The standard InChI is InChI=1S/C27H26N2OS/c1-20-29-26(19-31-20)24-14-12-21(13-15-24)16-17-28-27(30)18-25(22-8-4-2-5-9-22)23-10-6-3-7-11-23/h2-15,19,25H,16-18H2,1H3,(H,28,30). The summed E-state index contributed by atoms with van der Waals surface area (Å²) in [7, 11) is 0. The first-order valence-electron chi connectivity index (χ1n) is 10.6. The lowest BCUT2D eigenvalue weighted by Gasteiger charge is -2.18. The molecule has 156 valence electrons. The quantitative estimate of drug-likeness (QED) is 0.375. The summed E-state index contributed by atoms with van der Waals surface area (Å²) in [6.45, 7) is 2.65. The van der Waals surface area contributed by atoms with Crippen LogP contribution in [-0.2, 0) is 11.2 Å². The number of amides is 1. The molecule has 4 aromatic rings. The van der Waals surface area contributed by atoms with Crippen LogP contribution in [0, 0.1) is 6.92 Å². The van der Waals surface area contributed by atoms with Gasteiger partial charge in [-0.15, -0.1) is 11.3 Å². The molecule has 0 spiro atoms. The summed E-state index contributed by atoms with van der Waals surface area (Å²) in [5.74, 6) is 0.135. The predicted molar refractivity (Wildman–Crippen MR) is 128 cm³/mol. The van der Waals surface area contributed by atoms with E-state index in [0.29, 0.717) is 13.0 Å². The van der Waals surface area contributed by atoms with E-state index in [0.717, 1.165) is 33.8 Å². The van der Waals surface area contributed by atoms with Crippen molar-refractivity contribution in [3.05, 3.63) is 112 Å². The minimum absolute atomic E-state index is 0.0586. The third kappa shape index (κ3) is 5.68. The summed E-state index contributed by atoms with van der Waals surface area (Å²) in [5, 5.41) is 6.26. The van der Waals surface area contributed by atoms with Crippen LogP contribution in [0.1, 0.15) is 34.0 Å². The fraction of sp³-hybridized carbons (Fsp3) is 0.185. The van der Waals surface area contributed by atoms with E-state index >= 15 is 0 Å². The van der Waals surface area contributed by atoms with Crippen LogP contribution >= 0.6 is 11.3 Å². The SMILES string of the molecule is Cc1nc(-c2ccc(CCNC(=O)CC(c3ccccc3)c3ccccc3)cc2)cs1. The highest BCUT2D eigenvalue weighted by molar-refractivity contribution is 7.09. The van der Waals surface area contributed by atoms with Gasteiger partial charge in [0.05, 0.1) is 10.7 Å². The molecule has 31 heavy (non-hydrogen) atoms. The number of hydrogen-bond donors (Lipinski definition) is 1. The van der Waals surface area contributed by atoms with Gasteiger partial charge >= 0.3 is 0 Å². The van der Waals surface area contributed by atoms with Gasteiger partial charge in [0, 0.05) is 29.8 Å². The molecule has 0 unspecified atom stereocenters. The highest BCUT2D eigenvalue weighted by atomic mass is 32.1. The van der Waals surface area contributed by atoms with Crippen molar-refractivity contribution in [2.45, 2.75) is 25.7 Å². The number of nitrogens with one attached hydrogen (secondary N) is 1. The summed E-state index contributed by atoms with van der Waals surface area (Å²) in [4.78, 5) is 17.2. The van der Waals surface area contributed by atoms with E-state index in [4.69, 9.17) is 0 Å². The lowest BCUT2D eigenvalue weighted by atomic mass is 9.88. The first kappa shape index (κ1) is 21.0. The highest BCUT2D eigenvalue weighted by Gasteiger charge is 2.17. The summed E-state index contributed by atoms with van der Waals surface area (Å²) in [6.07, 6.45) is 1.25. The Bertz CT molecular complexity index is 1070. The van der Waals surface area contributed by atoms with Gasteiger partial charge in [0.15, 0.2) is 0 Å². The number of thiazole rings is 1. The fourth-order valence-electron chi connectivity index (χ4n) is 3.74. The maximum Gasteiger partial charge on any atom is 0.220 e. The van der Waals surface area contributed by atoms with Gasteiger partial charge in [-0.3, -0.25) is 4.79 Å². The fourth-order valence-corrected chi connectivity index (χ4v) is 4.36. The molecular formula is C27H26N2OS. The number of benzene rings is 3. The summed E-state index contributed by atoms with van der Waals surface area (Å²) in [5.41, 5.74) is 5.69. The molecule has 1 amide bonds. The Morgan fingerprint density at radius 2 is 1.52 bits per heavy atom. The van der Waals surface area contributed by atoms with E-state index in [9.17, 15) is 4.79 Å². The van der Waals surface area contributed by atoms with Gasteiger partial charge in [-0.2, -0.15) is 0 Å². The van der Waals surface area contributed by atoms with Crippen molar-refractivity contribution in [2.75, 3.05) is 6.54 Å². The summed E-state index contributed by atoms with van der Waals surface area (Å²) < 4.78 is 0. The molecule has 1 aromatic heterocycles. The lowest BCUT2D eigenvalue weighted by molar-refractivity contribution is -0.121. The Balaban J connectivity index is 1.33. The van der Waals surface area contributed by atoms with Crippen LogP contribution in [0.2, 0.25) is 0 Å². The topological polar surface area (TPSA) is 42.0 Å². The number of carbonyl (C=O) groups excluding carboxylic acids is 1. The Hall–Kier alpha value is -3.24. The molecule has 1 heterocycles. The van der Waals surface area contributed by atoms with Crippen molar-refractivity contribution in [1.82, 2.24) is 10.3 Å². The van der Waals surface area contributed by atoms with Gasteiger partial charge in [0.25, 0.3) is 0 Å². The molecule has 0 aliphatic rings. The second kappa shape index (κ2) is 10.2. The minimum Gasteiger partial charge on any atom is -0.356 e. The number of rotatable bonds is 8. The molecule has 0 atom stereocenters. The molecule has 0 aliphatic heterocycles. The summed E-state index contributed by atoms with van der Waals surface area (Å²) in [6, 6.07) is 28.9. The number of hydrogen-bond acceptors (Lipinski definition) is 3. The number of carbonyl (C=O) groups is 1. The van der Waals surface area contributed by atoms with Gasteiger partial charge < -0.3 is 5.32 Å². The third-order valence-corrected chi connectivity index (χ3v) is 6.17. The van der Waals surface area contributed by atoms with Crippen LogP contribution < -0.4 is 5.32 Å². The van der Waals surface area contributed by atoms with Gasteiger partial charge in [0.2, 0.25) is 5.91 Å². The first-order valence-corrected chi connectivity index (χ1v) is 11.4. The Labute approximate surface area is 187 Å². The second-order valence-corrected chi connectivity index (χ2v) is 8.69. The van der Waals surface area contributed by atoms with Crippen LogP contribution in [0.25, 0.3) is 11.3 Å². The van der Waals surface area contributed by atoms with Gasteiger partial charge in [0.1, 0.15) is 0 Å². The number of aromatic nitrogens is 1. The molecule has 1 N–H and O–H groups in total. The van der Waals surface area contributed by atoms with Crippen molar-refractivity contribution < 1.29 is 4.79 Å². The van der Waals surface area contributed by atoms with Gasteiger partial charge in [-0.25, -0.2) is 4.98 Å². The smallest absolute Gasteiger partial charge is 0.220 e. The van der Waals surface area contributed by atoms with Crippen molar-refractivity contribution in [3.63, 3.8) is 0 Å². The highest BCUT2D eigenvalue weighted by Crippen LogP contribution is 2.27. The van der Waals surface area contributed by atoms with Gasteiger partial charge in [-0.05, 0) is 30.0 Å². The van der Waals surface area contributed by atoms with Crippen LogP contribution in [-0.4, -0.2) is 17.4 Å². The molecule has 3 nitrogen and oxygen atoms in total. The predicted octanol–water partition coefficient (Wildman–Crippen LogP) is 6.00. The molecular weight excluding hydrogens is 400 g/mol. The van der Waals surface area contributed by atoms with Crippen molar-refractivity contribution in [2.24, 2.45) is 0 Å². The zero-order valence-electron chi connectivity index (χ0n) is 17.6. The molecule has 0 aliphatic carbocycles. The Morgan fingerprint density at radius 3 is 2.06 bits per heavy atom. The Morgan fingerprint density at radius 1 is 0.903 bits per heavy atom. The average molecular weight is 427 g/mol. The lowest BCUT2D eigenvalue weighted by Crippen LogP contribution is -2.27.